The summed E-state index contributed by atoms with van der Waals surface area (Å²) in [7, 11) is 0. The third kappa shape index (κ3) is 3.84. The lowest BCUT2D eigenvalue weighted by Gasteiger charge is -2.22. The van der Waals surface area contributed by atoms with Crippen molar-refractivity contribution in [2.45, 2.75) is 9.79 Å². The maximum Gasteiger partial charge on any atom is 0.136 e. The molecule has 0 saturated heterocycles. The molecule has 0 atom stereocenters. The number of fused-ring (bicyclic) bond motifs is 7. The molecule has 0 N–H and O–H groups in total. The molecule has 1 aromatic heterocycles. The maximum atomic E-state index is 6.48. The first-order valence-electron chi connectivity index (χ1n) is 15.7. The van der Waals surface area contributed by atoms with Gasteiger partial charge in [-0.05, 0) is 103 Å². The third-order valence-corrected chi connectivity index (χ3v) is 10.6. The molecule has 8 aromatic carbocycles. The van der Waals surface area contributed by atoms with Crippen molar-refractivity contribution in [3.63, 3.8) is 0 Å². The van der Waals surface area contributed by atoms with E-state index < -0.39 is 0 Å². The summed E-state index contributed by atoms with van der Waals surface area (Å²) in [6, 6.07) is 57.3. The van der Waals surface area contributed by atoms with Crippen molar-refractivity contribution in [2.75, 3.05) is 0 Å². The molecule has 0 aliphatic carbocycles. The van der Waals surface area contributed by atoms with Crippen molar-refractivity contribution in [1.82, 2.24) is 0 Å². The van der Waals surface area contributed by atoms with E-state index in [0.29, 0.717) is 0 Å². The van der Waals surface area contributed by atoms with Crippen LogP contribution in [0.15, 0.2) is 172 Å². The highest BCUT2D eigenvalue weighted by molar-refractivity contribution is 7.99. The Morgan fingerprint density at radius 2 is 1.04 bits per heavy atom. The minimum absolute atomic E-state index is 0.910. The van der Waals surface area contributed by atoms with Crippen molar-refractivity contribution >= 4 is 55.2 Å². The second-order valence-corrected chi connectivity index (χ2v) is 13.1. The second kappa shape index (κ2) is 9.97. The lowest BCUT2D eigenvalue weighted by atomic mass is 9.88. The van der Waals surface area contributed by atoms with E-state index in [9.17, 15) is 0 Å². The topological polar surface area (TPSA) is 13.1 Å². The van der Waals surface area contributed by atoms with Crippen molar-refractivity contribution in [2.24, 2.45) is 0 Å². The summed E-state index contributed by atoms with van der Waals surface area (Å²) in [4.78, 5) is 2.63. The van der Waals surface area contributed by atoms with Crippen molar-refractivity contribution in [3.05, 3.63) is 158 Å². The minimum Gasteiger partial charge on any atom is -0.456 e. The largest absolute Gasteiger partial charge is 0.456 e. The lowest BCUT2D eigenvalue weighted by molar-refractivity contribution is 0.669. The first-order valence-corrected chi connectivity index (χ1v) is 16.5. The second-order valence-electron chi connectivity index (χ2n) is 12.0. The van der Waals surface area contributed by atoms with Gasteiger partial charge in [0.1, 0.15) is 11.2 Å². The van der Waals surface area contributed by atoms with Gasteiger partial charge < -0.3 is 4.42 Å². The van der Waals surface area contributed by atoms with Crippen LogP contribution in [0.1, 0.15) is 0 Å². The number of hydrogen-bond donors (Lipinski definition) is 0. The Bertz CT molecular complexity index is 2660. The van der Waals surface area contributed by atoms with Gasteiger partial charge >= 0.3 is 0 Å². The average molecular weight is 603 g/mol. The van der Waals surface area contributed by atoms with Crippen LogP contribution in [-0.2, 0) is 0 Å². The zero-order valence-electron chi connectivity index (χ0n) is 24.8. The van der Waals surface area contributed by atoms with Gasteiger partial charge in [-0.1, -0.05) is 127 Å². The monoisotopic (exact) mass is 602 g/mol. The van der Waals surface area contributed by atoms with Gasteiger partial charge in [0.2, 0.25) is 0 Å². The fourth-order valence-electron chi connectivity index (χ4n) is 7.40. The quantitative estimate of drug-likeness (QED) is 0.200. The highest BCUT2D eigenvalue weighted by Crippen LogP contribution is 2.50. The molecule has 1 nitrogen and oxygen atoms in total. The highest BCUT2D eigenvalue weighted by atomic mass is 32.2. The first kappa shape index (κ1) is 25.7. The summed E-state index contributed by atoms with van der Waals surface area (Å²) in [6.45, 7) is 0. The Morgan fingerprint density at radius 1 is 0.348 bits per heavy atom. The van der Waals surface area contributed by atoms with Gasteiger partial charge in [0.25, 0.3) is 0 Å². The number of benzene rings is 8. The van der Waals surface area contributed by atoms with Crippen molar-refractivity contribution in [1.29, 1.82) is 0 Å². The van der Waals surface area contributed by atoms with E-state index in [4.69, 9.17) is 4.42 Å². The molecule has 0 amide bonds. The Kier molecular flexibility index (Phi) is 5.58. The van der Waals surface area contributed by atoms with Crippen LogP contribution in [0.2, 0.25) is 0 Å². The van der Waals surface area contributed by atoms with Gasteiger partial charge in [0, 0.05) is 25.9 Å². The molecule has 1 aliphatic heterocycles. The van der Waals surface area contributed by atoms with E-state index in [-0.39, 0.29) is 0 Å². The van der Waals surface area contributed by atoms with Crippen LogP contribution in [0.5, 0.6) is 0 Å². The Balaban J connectivity index is 1.27. The van der Waals surface area contributed by atoms with Crippen molar-refractivity contribution < 1.29 is 4.42 Å². The number of rotatable bonds is 3. The molecule has 46 heavy (non-hydrogen) atoms. The minimum atomic E-state index is 0.910. The van der Waals surface area contributed by atoms with Gasteiger partial charge in [-0.15, -0.1) is 0 Å². The molecular weight excluding hydrogens is 577 g/mol. The first-order chi connectivity index (χ1) is 22.8. The van der Waals surface area contributed by atoms with E-state index in [1.807, 2.05) is 11.8 Å². The van der Waals surface area contributed by atoms with Crippen LogP contribution >= 0.6 is 11.8 Å². The normalized spacial score (nSPS) is 12.3. The SMILES string of the molecule is c1ccc(-c2cc(-c3ccc4c5c(cccc35)-c3ccccc3S4)cc(-c3cccc4oc5ccc6ccccc6c5c34)c2)cc1. The summed E-state index contributed by atoms with van der Waals surface area (Å²) in [5, 5.41) is 7.39. The van der Waals surface area contributed by atoms with E-state index in [1.54, 1.807) is 0 Å². The highest BCUT2D eigenvalue weighted by Gasteiger charge is 2.21. The van der Waals surface area contributed by atoms with Crippen LogP contribution in [-0.4, -0.2) is 0 Å². The zero-order chi connectivity index (χ0) is 30.2. The van der Waals surface area contributed by atoms with E-state index >= 15 is 0 Å². The fraction of sp³-hybridized carbons (Fsp3) is 0. The molecule has 0 fully saturated rings. The molecule has 0 radical (unpaired) electrons. The van der Waals surface area contributed by atoms with Crippen LogP contribution in [0.3, 0.4) is 0 Å². The third-order valence-electron chi connectivity index (χ3n) is 9.45. The van der Waals surface area contributed by atoms with Gasteiger partial charge in [-0.2, -0.15) is 0 Å². The molecule has 214 valence electrons. The molecule has 10 rings (SSSR count). The van der Waals surface area contributed by atoms with Crippen molar-refractivity contribution in [3.8, 4) is 44.5 Å². The molecule has 0 unspecified atom stereocenters. The van der Waals surface area contributed by atoms with Crippen LogP contribution in [0.4, 0.5) is 0 Å². The fourth-order valence-corrected chi connectivity index (χ4v) is 8.53. The number of furan rings is 1. The maximum absolute atomic E-state index is 6.48. The molecular formula is C44H26OS. The van der Waals surface area contributed by atoms with E-state index in [2.05, 4.69) is 158 Å². The Hall–Kier alpha value is -5.57. The predicted octanol–water partition coefficient (Wildman–Crippen LogP) is 13.0. The van der Waals surface area contributed by atoms with E-state index in [1.165, 1.54) is 81.2 Å². The van der Waals surface area contributed by atoms with Crippen LogP contribution < -0.4 is 0 Å². The Morgan fingerprint density at radius 3 is 1.98 bits per heavy atom. The standard InChI is InChI=1S/C44H26OS/c1-2-10-27(11-3-1)29-24-30(32-21-23-41-42-36(32)16-8-17-37(42)35-14-6-7-19-40(35)46-41)26-31(25-29)34-15-9-18-38-44(34)43-33-13-5-4-12-28(33)20-22-39(43)45-38/h1-26H. The van der Waals surface area contributed by atoms with Gasteiger partial charge in [0.15, 0.2) is 0 Å². The predicted molar refractivity (Wildman–Crippen MR) is 195 cm³/mol. The number of hydrogen-bond acceptors (Lipinski definition) is 2. The van der Waals surface area contributed by atoms with Gasteiger partial charge in [-0.3, -0.25) is 0 Å². The van der Waals surface area contributed by atoms with E-state index in [0.717, 1.165) is 16.6 Å². The summed E-state index contributed by atoms with van der Waals surface area (Å²) < 4.78 is 6.48. The zero-order valence-corrected chi connectivity index (χ0v) is 25.6. The average Bonchev–Trinajstić information content (AvgIpc) is 3.52. The lowest BCUT2D eigenvalue weighted by Crippen LogP contribution is -1.94. The smallest absolute Gasteiger partial charge is 0.136 e. The molecule has 9 aromatic rings. The molecule has 0 saturated carbocycles. The van der Waals surface area contributed by atoms with Gasteiger partial charge in [-0.25, -0.2) is 0 Å². The summed E-state index contributed by atoms with van der Waals surface area (Å²) >= 11 is 1.87. The molecule has 0 spiro atoms. The Labute approximate surface area is 270 Å². The van der Waals surface area contributed by atoms with Crippen LogP contribution in [0, 0.1) is 0 Å². The van der Waals surface area contributed by atoms with Crippen LogP contribution in [0.25, 0.3) is 88.0 Å². The van der Waals surface area contributed by atoms with Gasteiger partial charge in [0.05, 0.1) is 0 Å². The summed E-state index contributed by atoms with van der Waals surface area (Å²) in [5.74, 6) is 0. The molecule has 1 aliphatic rings. The molecule has 2 heterocycles. The molecule has 2 heteroatoms. The summed E-state index contributed by atoms with van der Waals surface area (Å²) in [5.41, 5.74) is 11.7. The summed E-state index contributed by atoms with van der Waals surface area (Å²) in [6.07, 6.45) is 0. The molecule has 0 bridgehead atoms.